The molecule has 0 saturated heterocycles. The van der Waals surface area contributed by atoms with Gasteiger partial charge < -0.3 is 0 Å². The van der Waals surface area contributed by atoms with E-state index in [4.69, 9.17) is 0 Å². The van der Waals surface area contributed by atoms with Crippen LogP contribution < -0.4 is 0 Å². The van der Waals surface area contributed by atoms with E-state index in [9.17, 15) is 0 Å². The summed E-state index contributed by atoms with van der Waals surface area (Å²) in [5, 5.41) is 7.75. The van der Waals surface area contributed by atoms with Gasteiger partial charge in [0.15, 0.2) is 0 Å². The van der Waals surface area contributed by atoms with Gasteiger partial charge in [0.1, 0.15) is 0 Å². The molecular weight excluding hydrogens is 112 g/mol. The van der Waals surface area contributed by atoms with Crippen molar-refractivity contribution in [3.63, 3.8) is 0 Å². The van der Waals surface area contributed by atoms with Gasteiger partial charge in [-0.15, -0.1) is 0 Å². The molecule has 0 amide bonds. The summed E-state index contributed by atoms with van der Waals surface area (Å²) in [6, 6.07) is 0.366. The Hall–Kier alpha value is -0.660. The van der Waals surface area contributed by atoms with Crippen LogP contribution in [0.2, 0.25) is 0 Å². The minimum atomic E-state index is 0.366. The maximum absolute atomic E-state index is 3.99. The Balaban J connectivity index is 2.29. The van der Waals surface area contributed by atoms with E-state index in [1.807, 2.05) is 6.08 Å². The highest BCUT2D eigenvalue weighted by molar-refractivity contribution is 4.96. The molecule has 50 valence electrons. The van der Waals surface area contributed by atoms with Crippen LogP contribution in [0.1, 0.15) is 20.3 Å². The summed E-state index contributed by atoms with van der Waals surface area (Å²) in [6.45, 7) is 4.39. The molecule has 0 N–H and O–H groups in total. The van der Waals surface area contributed by atoms with Gasteiger partial charge in [-0.3, -0.25) is 0 Å². The van der Waals surface area contributed by atoms with E-state index < -0.39 is 0 Å². The van der Waals surface area contributed by atoms with E-state index in [-0.39, 0.29) is 0 Å². The Morgan fingerprint density at radius 1 is 1.56 bits per heavy atom. The van der Waals surface area contributed by atoms with Crippen LogP contribution >= 0.6 is 0 Å². The SMILES string of the molecule is CC(C)CC1C=CN=N1. The highest BCUT2D eigenvalue weighted by Gasteiger charge is 2.07. The summed E-state index contributed by atoms with van der Waals surface area (Å²) in [7, 11) is 0. The summed E-state index contributed by atoms with van der Waals surface area (Å²) < 4.78 is 0. The quantitative estimate of drug-likeness (QED) is 0.540. The van der Waals surface area contributed by atoms with Gasteiger partial charge in [-0.1, -0.05) is 13.8 Å². The Morgan fingerprint density at radius 2 is 2.33 bits per heavy atom. The summed E-state index contributed by atoms with van der Waals surface area (Å²) in [4.78, 5) is 0. The molecule has 1 aliphatic heterocycles. The van der Waals surface area contributed by atoms with Crippen molar-refractivity contribution in [3.05, 3.63) is 12.3 Å². The first-order valence-electron chi connectivity index (χ1n) is 3.35. The highest BCUT2D eigenvalue weighted by Crippen LogP contribution is 2.13. The summed E-state index contributed by atoms with van der Waals surface area (Å²) in [5.74, 6) is 0.719. The first-order valence-corrected chi connectivity index (χ1v) is 3.35. The zero-order chi connectivity index (χ0) is 6.69. The summed E-state index contributed by atoms with van der Waals surface area (Å²) in [6.07, 6.45) is 4.94. The lowest BCUT2D eigenvalue weighted by Gasteiger charge is -2.04. The molecule has 0 aromatic heterocycles. The van der Waals surface area contributed by atoms with E-state index in [0.29, 0.717) is 6.04 Å². The average Bonchev–Trinajstić information content (AvgIpc) is 2.15. The highest BCUT2D eigenvalue weighted by atomic mass is 15.1. The van der Waals surface area contributed by atoms with Gasteiger partial charge in [-0.2, -0.15) is 10.2 Å². The Morgan fingerprint density at radius 3 is 2.78 bits per heavy atom. The molecule has 0 fully saturated rings. The van der Waals surface area contributed by atoms with Crippen molar-refractivity contribution < 1.29 is 0 Å². The van der Waals surface area contributed by atoms with Crippen molar-refractivity contribution in [2.24, 2.45) is 16.1 Å². The smallest absolute Gasteiger partial charge is 0.0913 e. The van der Waals surface area contributed by atoms with Crippen LogP contribution in [0.3, 0.4) is 0 Å². The fourth-order valence-corrected chi connectivity index (χ4v) is 0.909. The molecule has 0 aromatic rings. The van der Waals surface area contributed by atoms with Crippen molar-refractivity contribution >= 4 is 0 Å². The maximum Gasteiger partial charge on any atom is 0.0913 e. The molecule has 2 nitrogen and oxygen atoms in total. The lowest BCUT2D eigenvalue weighted by Crippen LogP contribution is -2.01. The normalized spacial score (nSPS) is 24.1. The molecule has 0 aromatic carbocycles. The minimum Gasteiger partial charge on any atom is -0.182 e. The van der Waals surface area contributed by atoms with Crippen LogP contribution in [0.15, 0.2) is 22.5 Å². The van der Waals surface area contributed by atoms with E-state index in [1.54, 1.807) is 6.20 Å². The van der Waals surface area contributed by atoms with Crippen molar-refractivity contribution in [2.75, 3.05) is 0 Å². The number of nitrogens with zero attached hydrogens (tertiary/aromatic N) is 2. The van der Waals surface area contributed by atoms with Crippen LogP contribution in [0.4, 0.5) is 0 Å². The molecule has 0 spiro atoms. The third-order valence-electron chi connectivity index (χ3n) is 1.30. The molecule has 0 radical (unpaired) electrons. The average molecular weight is 124 g/mol. The topological polar surface area (TPSA) is 24.7 Å². The molecular formula is C7H12N2. The molecule has 1 unspecified atom stereocenters. The van der Waals surface area contributed by atoms with Crippen LogP contribution in [-0.2, 0) is 0 Å². The van der Waals surface area contributed by atoms with Crippen LogP contribution in [0, 0.1) is 5.92 Å². The maximum atomic E-state index is 3.99. The standard InChI is InChI=1S/C7H12N2/c1-6(2)5-7-3-4-8-9-7/h3-4,6-7H,5H2,1-2H3. The molecule has 0 aliphatic carbocycles. The van der Waals surface area contributed by atoms with Gasteiger partial charge in [-0.25, -0.2) is 0 Å². The van der Waals surface area contributed by atoms with Crippen molar-refractivity contribution in [1.29, 1.82) is 0 Å². The van der Waals surface area contributed by atoms with Gasteiger partial charge >= 0.3 is 0 Å². The molecule has 1 atom stereocenters. The Bertz CT molecular complexity index is 124. The molecule has 0 saturated carbocycles. The fraction of sp³-hybridized carbons (Fsp3) is 0.714. The first-order chi connectivity index (χ1) is 4.29. The lowest BCUT2D eigenvalue weighted by molar-refractivity contribution is 0.544. The van der Waals surface area contributed by atoms with E-state index in [1.165, 1.54) is 0 Å². The second-order valence-corrected chi connectivity index (χ2v) is 2.77. The third-order valence-corrected chi connectivity index (χ3v) is 1.30. The van der Waals surface area contributed by atoms with E-state index in [0.717, 1.165) is 12.3 Å². The zero-order valence-electron chi connectivity index (χ0n) is 5.91. The molecule has 1 rings (SSSR count). The van der Waals surface area contributed by atoms with Crippen molar-refractivity contribution in [1.82, 2.24) is 0 Å². The predicted molar refractivity (Wildman–Crippen MR) is 37.2 cm³/mol. The first kappa shape index (κ1) is 6.46. The second kappa shape index (κ2) is 2.76. The van der Waals surface area contributed by atoms with Crippen LogP contribution in [0.25, 0.3) is 0 Å². The molecule has 0 bridgehead atoms. The predicted octanol–water partition coefficient (Wildman–Crippen LogP) is 2.38. The molecule has 1 heterocycles. The monoisotopic (exact) mass is 124 g/mol. The second-order valence-electron chi connectivity index (χ2n) is 2.77. The third kappa shape index (κ3) is 1.96. The molecule has 2 heteroatoms. The number of hydrogen-bond donors (Lipinski definition) is 0. The summed E-state index contributed by atoms with van der Waals surface area (Å²) in [5.41, 5.74) is 0. The van der Waals surface area contributed by atoms with Crippen molar-refractivity contribution in [2.45, 2.75) is 26.3 Å². The van der Waals surface area contributed by atoms with Gasteiger partial charge in [0.25, 0.3) is 0 Å². The van der Waals surface area contributed by atoms with Crippen LogP contribution in [-0.4, -0.2) is 6.04 Å². The van der Waals surface area contributed by atoms with Gasteiger partial charge in [-0.05, 0) is 18.4 Å². The number of azo groups is 1. The van der Waals surface area contributed by atoms with E-state index >= 15 is 0 Å². The Kier molecular flexibility index (Phi) is 1.98. The van der Waals surface area contributed by atoms with Crippen molar-refractivity contribution in [3.8, 4) is 0 Å². The zero-order valence-corrected chi connectivity index (χ0v) is 5.91. The lowest BCUT2D eigenvalue weighted by atomic mass is 10.1. The van der Waals surface area contributed by atoms with Crippen LogP contribution in [0.5, 0.6) is 0 Å². The molecule has 9 heavy (non-hydrogen) atoms. The van der Waals surface area contributed by atoms with E-state index in [2.05, 4.69) is 24.1 Å². The summed E-state index contributed by atoms with van der Waals surface area (Å²) >= 11 is 0. The fourth-order valence-electron chi connectivity index (χ4n) is 0.909. The van der Waals surface area contributed by atoms with Gasteiger partial charge in [0, 0.05) is 6.20 Å². The number of hydrogen-bond acceptors (Lipinski definition) is 2. The number of rotatable bonds is 2. The largest absolute Gasteiger partial charge is 0.182 e. The van der Waals surface area contributed by atoms with Gasteiger partial charge in [0.2, 0.25) is 0 Å². The Labute approximate surface area is 55.7 Å². The van der Waals surface area contributed by atoms with Gasteiger partial charge in [0.05, 0.1) is 6.04 Å². The molecule has 1 aliphatic rings. The minimum absolute atomic E-state index is 0.366.